The fourth-order valence-electron chi connectivity index (χ4n) is 7.47. The van der Waals surface area contributed by atoms with Crippen LogP contribution in [0.25, 0.3) is 0 Å². The first-order chi connectivity index (χ1) is 15.3. The van der Waals surface area contributed by atoms with Gasteiger partial charge < -0.3 is 10.1 Å². The first-order valence-corrected chi connectivity index (χ1v) is 13.2. The molecule has 5 nitrogen and oxygen atoms in total. The molecular weight excluding hydrogens is 418 g/mol. The maximum atomic E-state index is 11.5. The lowest BCUT2D eigenvalue weighted by molar-refractivity contribution is -0.148. The van der Waals surface area contributed by atoms with Gasteiger partial charge in [0, 0.05) is 31.0 Å². The third-order valence-corrected chi connectivity index (χ3v) is 9.48. The molecule has 0 spiro atoms. The van der Waals surface area contributed by atoms with E-state index in [1.54, 1.807) is 5.57 Å². The van der Waals surface area contributed by atoms with E-state index in [9.17, 15) is 4.79 Å². The van der Waals surface area contributed by atoms with Crippen molar-refractivity contribution in [2.75, 3.05) is 6.54 Å². The Morgan fingerprint density at radius 3 is 2.72 bits per heavy atom. The lowest BCUT2D eigenvalue weighted by Crippen LogP contribution is -2.51. The fourth-order valence-corrected chi connectivity index (χ4v) is 7.62. The molecule has 32 heavy (non-hydrogen) atoms. The van der Waals surface area contributed by atoms with Crippen molar-refractivity contribution in [1.29, 1.82) is 0 Å². The summed E-state index contributed by atoms with van der Waals surface area (Å²) in [6.45, 7) is 9.57. The molecule has 0 aromatic heterocycles. The highest BCUT2D eigenvalue weighted by Gasteiger charge is 2.58. The van der Waals surface area contributed by atoms with Gasteiger partial charge in [0.15, 0.2) is 5.11 Å². The highest BCUT2D eigenvalue weighted by atomic mass is 32.1. The summed E-state index contributed by atoms with van der Waals surface area (Å²) in [4.78, 5) is 11.5. The Hall–Kier alpha value is -1.43. The molecule has 0 heterocycles. The van der Waals surface area contributed by atoms with Gasteiger partial charge in [0.25, 0.3) is 0 Å². The topological polar surface area (TPSA) is 62.7 Å². The number of ether oxygens (including phenoxy) is 1. The molecule has 3 saturated carbocycles. The van der Waals surface area contributed by atoms with Crippen LogP contribution in [0.15, 0.2) is 16.8 Å². The van der Waals surface area contributed by atoms with Gasteiger partial charge in [-0.3, -0.25) is 10.2 Å². The van der Waals surface area contributed by atoms with Crippen molar-refractivity contribution in [2.45, 2.75) is 98.0 Å². The smallest absolute Gasteiger partial charge is 0.302 e. The van der Waals surface area contributed by atoms with Crippen molar-refractivity contribution in [3.63, 3.8) is 0 Å². The Morgan fingerprint density at radius 2 is 1.97 bits per heavy atom. The van der Waals surface area contributed by atoms with Gasteiger partial charge >= 0.3 is 5.97 Å². The molecule has 6 unspecified atom stereocenters. The van der Waals surface area contributed by atoms with E-state index in [0.717, 1.165) is 56.9 Å². The number of rotatable bonds is 5. The van der Waals surface area contributed by atoms with Crippen LogP contribution in [0.4, 0.5) is 0 Å². The van der Waals surface area contributed by atoms with E-state index in [0.29, 0.717) is 11.0 Å². The van der Waals surface area contributed by atoms with E-state index in [1.807, 2.05) is 0 Å². The molecular formula is C26H41N3O2S. The number of thiocarbonyl (C=S) groups is 1. The molecule has 0 saturated heterocycles. The van der Waals surface area contributed by atoms with Gasteiger partial charge in [-0.2, -0.15) is 5.10 Å². The number of carbonyl (C=O) groups is 1. The number of hydrazone groups is 1. The van der Waals surface area contributed by atoms with E-state index in [-0.39, 0.29) is 22.9 Å². The minimum atomic E-state index is -0.146. The second kappa shape index (κ2) is 9.44. The van der Waals surface area contributed by atoms with Gasteiger partial charge in [0.1, 0.15) is 6.10 Å². The summed E-state index contributed by atoms with van der Waals surface area (Å²) in [6.07, 6.45) is 13.9. The molecule has 0 radical (unpaired) electrons. The minimum absolute atomic E-state index is 0.0725. The number of allylic oxidation sites excluding steroid dienone is 1. The van der Waals surface area contributed by atoms with Crippen molar-refractivity contribution < 1.29 is 9.53 Å². The maximum Gasteiger partial charge on any atom is 0.302 e. The monoisotopic (exact) mass is 459 g/mol. The third kappa shape index (κ3) is 4.36. The van der Waals surface area contributed by atoms with Gasteiger partial charge in [-0.15, -0.1) is 0 Å². The molecule has 4 aliphatic carbocycles. The number of hydrogen-bond acceptors (Lipinski definition) is 4. The number of unbranched alkanes of at least 4 members (excludes halogenated alkanes) is 1. The van der Waals surface area contributed by atoms with Crippen molar-refractivity contribution >= 4 is 29.0 Å². The Labute approximate surface area is 199 Å². The molecule has 0 aromatic carbocycles. The minimum Gasteiger partial charge on any atom is -0.462 e. The standard InChI is InChI=1S/C26H41N3O2S/c1-5-6-15-27-24(32)29-28-23-10-9-21-20-8-7-18-16-19(31-17(2)30)11-13-25(18,3)22(20)12-14-26(21,23)4/h7,19-22H,5-6,8-16H2,1-4H3,(H2,27,29,32)/b28-23+. The van der Waals surface area contributed by atoms with Gasteiger partial charge in [0.05, 0.1) is 0 Å². The SMILES string of the molecule is CCCCNC(=S)N/N=C1\CCC2C3CC=C4CC(OC(C)=O)CCC4(C)C3CCC12C. The second-order valence-electron chi connectivity index (χ2n) is 11.0. The summed E-state index contributed by atoms with van der Waals surface area (Å²) in [5, 5.41) is 8.74. The van der Waals surface area contributed by atoms with Gasteiger partial charge in [0.2, 0.25) is 0 Å². The van der Waals surface area contributed by atoms with Crippen LogP contribution in [-0.4, -0.2) is 29.4 Å². The van der Waals surface area contributed by atoms with Crippen LogP contribution < -0.4 is 10.7 Å². The number of nitrogens with one attached hydrogen (secondary N) is 2. The predicted octanol–water partition coefficient (Wildman–Crippen LogP) is 5.50. The molecule has 178 valence electrons. The lowest BCUT2D eigenvalue weighted by Gasteiger charge is -2.57. The summed E-state index contributed by atoms with van der Waals surface area (Å²) >= 11 is 5.42. The van der Waals surface area contributed by atoms with E-state index in [2.05, 4.69) is 37.6 Å². The summed E-state index contributed by atoms with van der Waals surface area (Å²) in [6, 6.07) is 0. The summed E-state index contributed by atoms with van der Waals surface area (Å²) < 4.78 is 5.58. The molecule has 4 aliphatic rings. The highest BCUT2D eigenvalue weighted by Crippen LogP contribution is 2.64. The summed E-state index contributed by atoms with van der Waals surface area (Å²) in [7, 11) is 0. The van der Waals surface area contributed by atoms with E-state index in [4.69, 9.17) is 22.1 Å². The van der Waals surface area contributed by atoms with Crippen molar-refractivity contribution in [3.8, 4) is 0 Å². The number of esters is 1. The molecule has 6 atom stereocenters. The Kier molecular flexibility index (Phi) is 7.00. The second-order valence-corrected chi connectivity index (χ2v) is 11.4. The van der Waals surface area contributed by atoms with Crippen LogP contribution >= 0.6 is 12.2 Å². The zero-order chi connectivity index (χ0) is 22.9. The van der Waals surface area contributed by atoms with Crippen LogP contribution in [0.2, 0.25) is 0 Å². The maximum absolute atomic E-state index is 11.5. The average molecular weight is 460 g/mol. The first kappa shape index (κ1) is 23.7. The number of carbonyl (C=O) groups excluding carboxylic acids is 1. The summed E-state index contributed by atoms with van der Waals surface area (Å²) in [5.74, 6) is 2.02. The first-order valence-electron chi connectivity index (χ1n) is 12.8. The molecule has 3 fully saturated rings. The third-order valence-electron chi connectivity index (χ3n) is 9.24. The van der Waals surface area contributed by atoms with E-state index in [1.165, 1.54) is 38.3 Å². The Morgan fingerprint density at radius 1 is 1.22 bits per heavy atom. The average Bonchev–Trinajstić information content (AvgIpc) is 3.08. The number of fused-ring (bicyclic) bond motifs is 5. The van der Waals surface area contributed by atoms with Crippen LogP contribution in [0.5, 0.6) is 0 Å². The van der Waals surface area contributed by atoms with Gasteiger partial charge in [-0.05, 0) is 86.8 Å². The normalized spacial score (nSPS) is 39.4. The van der Waals surface area contributed by atoms with Crippen molar-refractivity contribution in [1.82, 2.24) is 10.7 Å². The number of nitrogens with zero attached hydrogens (tertiary/aromatic N) is 1. The molecule has 0 amide bonds. The van der Waals surface area contributed by atoms with Crippen molar-refractivity contribution in [2.24, 2.45) is 33.7 Å². The quantitative estimate of drug-likeness (QED) is 0.187. The van der Waals surface area contributed by atoms with Crippen LogP contribution in [0, 0.1) is 28.6 Å². The van der Waals surface area contributed by atoms with Crippen molar-refractivity contribution in [3.05, 3.63) is 11.6 Å². The van der Waals surface area contributed by atoms with Gasteiger partial charge in [-0.25, -0.2) is 0 Å². The highest BCUT2D eigenvalue weighted by molar-refractivity contribution is 7.80. The van der Waals surface area contributed by atoms with Crippen LogP contribution in [0.1, 0.15) is 91.9 Å². The zero-order valence-corrected chi connectivity index (χ0v) is 21.2. The van der Waals surface area contributed by atoms with E-state index < -0.39 is 0 Å². The van der Waals surface area contributed by atoms with E-state index >= 15 is 0 Å². The molecule has 4 rings (SSSR count). The number of hydrogen-bond donors (Lipinski definition) is 2. The Bertz CT molecular complexity index is 809. The molecule has 2 N–H and O–H groups in total. The molecule has 6 heteroatoms. The lowest BCUT2D eigenvalue weighted by atomic mass is 9.48. The van der Waals surface area contributed by atoms with Gasteiger partial charge in [-0.1, -0.05) is 38.8 Å². The molecule has 0 bridgehead atoms. The van der Waals surface area contributed by atoms with Crippen LogP contribution in [-0.2, 0) is 9.53 Å². The largest absolute Gasteiger partial charge is 0.462 e. The van der Waals surface area contributed by atoms with Crippen LogP contribution in [0.3, 0.4) is 0 Å². The summed E-state index contributed by atoms with van der Waals surface area (Å²) in [5.41, 5.74) is 6.47. The molecule has 0 aliphatic heterocycles. The molecule has 0 aromatic rings. The fraction of sp³-hybridized carbons (Fsp3) is 0.808. The predicted molar refractivity (Wildman–Crippen MR) is 133 cm³/mol. The Balaban J connectivity index is 1.45. The zero-order valence-electron chi connectivity index (χ0n) is 20.3.